The third-order valence-electron chi connectivity index (χ3n) is 6.75. The third kappa shape index (κ3) is 4.44. The number of sulfone groups is 1. The van der Waals surface area contributed by atoms with Crippen molar-refractivity contribution < 1.29 is 17.9 Å². The second-order valence-corrected chi connectivity index (χ2v) is 11.1. The van der Waals surface area contributed by atoms with Gasteiger partial charge in [0, 0.05) is 38.0 Å². The van der Waals surface area contributed by atoms with Crippen molar-refractivity contribution in [2.75, 3.05) is 31.3 Å². The molecular weight excluding hydrogens is 456 g/mol. The number of amides is 1. The molecule has 0 spiro atoms. The molecule has 1 saturated carbocycles. The number of hydrogen-bond acceptors (Lipinski definition) is 8. The van der Waals surface area contributed by atoms with Gasteiger partial charge in [-0.1, -0.05) is 0 Å². The number of likely N-dealkylation sites (tertiary alicyclic amines) is 1. The summed E-state index contributed by atoms with van der Waals surface area (Å²) in [4.78, 5) is 26.0. The number of rotatable bonds is 5. The molecule has 1 amide bonds. The number of carbonyl (C=O) groups is 1. The van der Waals surface area contributed by atoms with Crippen LogP contribution in [0, 0.1) is 0 Å². The highest BCUT2D eigenvalue weighted by Crippen LogP contribution is 2.30. The number of aromatic nitrogens is 4. The average Bonchev–Trinajstić information content (AvgIpc) is 3.28. The van der Waals surface area contributed by atoms with E-state index >= 15 is 0 Å². The maximum Gasteiger partial charge on any atom is 0.410 e. The molecule has 180 valence electrons. The summed E-state index contributed by atoms with van der Waals surface area (Å²) in [5, 5.41) is 7.88. The Bertz CT molecular complexity index is 1290. The fraction of sp³-hybridized carbons (Fsp3) is 0.478. The number of nitrogens with zero attached hydrogens (tertiary/aromatic N) is 5. The maximum atomic E-state index is 12.4. The van der Waals surface area contributed by atoms with Crippen LogP contribution in [0.4, 0.5) is 10.6 Å². The lowest BCUT2D eigenvalue weighted by molar-refractivity contribution is 0.0226. The van der Waals surface area contributed by atoms with E-state index in [1.807, 2.05) is 7.05 Å². The second-order valence-electron chi connectivity index (χ2n) is 9.07. The number of anilines is 1. The molecule has 2 fully saturated rings. The first-order chi connectivity index (χ1) is 16.3. The Morgan fingerprint density at radius 2 is 1.82 bits per heavy atom. The molecule has 34 heavy (non-hydrogen) atoms. The lowest BCUT2D eigenvalue weighted by atomic mass is 9.96. The summed E-state index contributed by atoms with van der Waals surface area (Å²) in [6, 6.07) is 6.74. The minimum atomic E-state index is -3.28. The predicted molar refractivity (Wildman–Crippen MR) is 127 cm³/mol. The van der Waals surface area contributed by atoms with Crippen LogP contribution in [0.5, 0.6) is 0 Å². The van der Waals surface area contributed by atoms with Crippen LogP contribution in [0.3, 0.4) is 0 Å². The largest absolute Gasteiger partial charge is 0.446 e. The summed E-state index contributed by atoms with van der Waals surface area (Å²) in [7, 11) is -1.28. The fourth-order valence-electron chi connectivity index (χ4n) is 4.38. The molecule has 1 aliphatic heterocycles. The van der Waals surface area contributed by atoms with Crippen LogP contribution < -0.4 is 4.90 Å². The number of nitrogens with one attached hydrogen (secondary N) is 1. The van der Waals surface area contributed by atoms with Gasteiger partial charge >= 0.3 is 6.09 Å². The number of hydrogen-bond donors (Lipinski definition) is 1. The number of ether oxygens (including phenoxy) is 1. The van der Waals surface area contributed by atoms with Crippen molar-refractivity contribution in [3.8, 4) is 11.4 Å². The first kappa shape index (κ1) is 22.6. The molecule has 1 N–H and O–H groups in total. The van der Waals surface area contributed by atoms with Crippen LogP contribution in [0.15, 0.2) is 35.4 Å². The Hall–Kier alpha value is -3.21. The Labute approximate surface area is 198 Å². The zero-order valence-electron chi connectivity index (χ0n) is 19.3. The van der Waals surface area contributed by atoms with Crippen molar-refractivity contribution in [1.82, 2.24) is 25.1 Å². The van der Waals surface area contributed by atoms with E-state index in [9.17, 15) is 13.2 Å². The van der Waals surface area contributed by atoms with E-state index in [1.165, 1.54) is 6.26 Å². The lowest BCUT2D eigenvalue weighted by Crippen LogP contribution is -2.47. The van der Waals surface area contributed by atoms with E-state index in [0.717, 1.165) is 43.3 Å². The summed E-state index contributed by atoms with van der Waals surface area (Å²) >= 11 is 0. The van der Waals surface area contributed by atoms with Crippen LogP contribution in [0.1, 0.15) is 32.1 Å². The minimum Gasteiger partial charge on any atom is -0.446 e. The monoisotopic (exact) mass is 484 g/mol. The van der Waals surface area contributed by atoms with E-state index in [1.54, 1.807) is 35.4 Å². The Morgan fingerprint density at radius 3 is 2.44 bits per heavy atom. The van der Waals surface area contributed by atoms with Gasteiger partial charge in [-0.3, -0.25) is 5.10 Å². The van der Waals surface area contributed by atoms with Crippen molar-refractivity contribution >= 4 is 32.8 Å². The first-order valence-electron chi connectivity index (χ1n) is 11.5. The molecule has 1 saturated heterocycles. The van der Waals surface area contributed by atoms with Crippen molar-refractivity contribution in [3.63, 3.8) is 0 Å². The second kappa shape index (κ2) is 8.86. The Balaban J connectivity index is 1.35. The molecule has 2 aromatic heterocycles. The molecular formula is C23H28N6O4S. The van der Waals surface area contributed by atoms with Crippen molar-refractivity contribution in [2.24, 2.45) is 0 Å². The van der Waals surface area contributed by atoms with Crippen LogP contribution in [-0.4, -0.2) is 78.1 Å². The number of benzene rings is 1. The van der Waals surface area contributed by atoms with Crippen molar-refractivity contribution in [1.29, 1.82) is 0 Å². The predicted octanol–water partition coefficient (Wildman–Crippen LogP) is 3.01. The molecule has 2 aliphatic rings. The van der Waals surface area contributed by atoms with Gasteiger partial charge < -0.3 is 14.5 Å². The van der Waals surface area contributed by atoms with Gasteiger partial charge in [-0.25, -0.2) is 23.2 Å². The standard InChI is InChI=1S/C23H28N6O4S/c1-28(16-10-12-29(13-11-16)23(30)33-17-4-3-5-17)22-19-14-24-27-21(19)25-20(26-22)15-6-8-18(9-7-15)34(2,31)32/h6-9,14,16-17H,3-5,10-13H2,1-2H3,(H,24,25,26,27). The number of aromatic amines is 1. The third-order valence-corrected chi connectivity index (χ3v) is 7.88. The molecule has 3 aromatic rings. The van der Waals surface area contributed by atoms with Gasteiger partial charge in [0.2, 0.25) is 0 Å². The number of H-pyrrole nitrogens is 1. The van der Waals surface area contributed by atoms with Gasteiger partial charge in [0.25, 0.3) is 0 Å². The topological polar surface area (TPSA) is 121 Å². The normalized spacial score (nSPS) is 17.5. The molecule has 10 nitrogen and oxygen atoms in total. The maximum absolute atomic E-state index is 12.4. The van der Waals surface area contributed by atoms with Crippen molar-refractivity contribution in [3.05, 3.63) is 30.5 Å². The SMILES string of the molecule is CN(c1nc(-c2ccc(S(C)(=O)=O)cc2)nc2[nH]ncc12)C1CCN(C(=O)OC2CCC2)CC1. The Morgan fingerprint density at radius 1 is 1.12 bits per heavy atom. The highest BCUT2D eigenvalue weighted by molar-refractivity contribution is 7.90. The highest BCUT2D eigenvalue weighted by Gasteiger charge is 2.30. The van der Waals surface area contributed by atoms with Crippen LogP contribution in [-0.2, 0) is 14.6 Å². The van der Waals surface area contributed by atoms with Crippen molar-refractivity contribution in [2.45, 2.75) is 49.1 Å². The molecule has 3 heterocycles. The summed E-state index contributed by atoms with van der Waals surface area (Å²) in [6.45, 7) is 1.28. The van der Waals surface area contributed by atoms with Gasteiger partial charge in [0.1, 0.15) is 11.9 Å². The van der Waals surface area contributed by atoms with Gasteiger partial charge in [-0.05, 0) is 56.4 Å². The Kier molecular flexibility index (Phi) is 5.88. The molecule has 0 bridgehead atoms. The molecule has 11 heteroatoms. The van der Waals surface area contributed by atoms with Crippen LogP contribution in [0.2, 0.25) is 0 Å². The molecule has 1 aromatic carbocycles. The number of fused-ring (bicyclic) bond motifs is 1. The minimum absolute atomic E-state index is 0.0909. The summed E-state index contributed by atoms with van der Waals surface area (Å²) in [5.74, 6) is 1.23. The molecule has 0 radical (unpaired) electrons. The van der Waals surface area contributed by atoms with E-state index in [2.05, 4.69) is 20.1 Å². The smallest absolute Gasteiger partial charge is 0.410 e. The lowest BCUT2D eigenvalue weighted by Gasteiger charge is -2.38. The van der Waals surface area contributed by atoms with Gasteiger partial charge in [0.15, 0.2) is 21.3 Å². The first-order valence-corrected chi connectivity index (χ1v) is 13.4. The number of piperidine rings is 1. The highest BCUT2D eigenvalue weighted by atomic mass is 32.2. The summed E-state index contributed by atoms with van der Waals surface area (Å²) in [6.07, 6.45) is 7.46. The fourth-order valence-corrected chi connectivity index (χ4v) is 5.01. The molecule has 5 rings (SSSR count). The zero-order valence-corrected chi connectivity index (χ0v) is 20.1. The zero-order chi connectivity index (χ0) is 23.9. The number of carbonyl (C=O) groups excluding carboxylic acids is 1. The van der Waals surface area contributed by atoms with E-state index < -0.39 is 9.84 Å². The van der Waals surface area contributed by atoms with Gasteiger partial charge in [-0.15, -0.1) is 0 Å². The quantitative estimate of drug-likeness (QED) is 0.587. The van der Waals surface area contributed by atoms with Gasteiger partial charge in [-0.2, -0.15) is 5.10 Å². The molecule has 1 aliphatic carbocycles. The summed E-state index contributed by atoms with van der Waals surface area (Å²) in [5.41, 5.74) is 1.33. The van der Waals surface area contributed by atoms with E-state index in [4.69, 9.17) is 9.72 Å². The molecule has 0 atom stereocenters. The van der Waals surface area contributed by atoms with Gasteiger partial charge in [0.05, 0.1) is 16.5 Å². The summed E-state index contributed by atoms with van der Waals surface area (Å²) < 4.78 is 29.1. The van der Waals surface area contributed by atoms with E-state index in [0.29, 0.717) is 30.1 Å². The average molecular weight is 485 g/mol. The van der Waals surface area contributed by atoms with E-state index in [-0.39, 0.29) is 23.1 Å². The van der Waals surface area contributed by atoms with Crippen LogP contribution >= 0.6 is 0 Å². The van der Waals surface area contributed by atoms with Crippen LogP contribution in [0.25, 0.3) is 22.4 Å². The molecule has 0 unspecified atom stereocenters.